The molecule has 4 unspecified atom stereocenters. The van der Waals surface area contributed by atoms with Crippen LogP contribution in [0, 0.1) is 16.0 Å². The van der Waals surface area contributed by atoms with E-state index < -0.39 is 58.1 Å². The van der Waals surface area contributed by atoms with Gasteiger partial charge in [-0.2, -0.15) is 13.2 Å². The summed E-state index contributed by atoms with van der Waals surface area (Å²) in [5.41, 5.74) is -0.149. The van der Waals surface area contributed by atoms with Gasteiger partial charge in [0.2, 0.25) is 11.8 Å². The number of nitro groups is 1. The second kappa shape index (κ2) is 10.6. The highest BCUT2D eigenvalue weighted by atomic mass is 32.2. The number of benzene rings is 2. The van der Waals surface area contributed by atoms with E-state index in [-0.39, 0.29) is 17.1 Å². The van der Waals surface area contributed by atoms with Crippen molar-refractivity contribution in [2.75, 3.05) is 25.2 Å². The Morgan fingerprint density at radius 2 is 1.71 bits per heavy atom. The van der Waals surface area contributed by atoms with Gasteiger partial charge >= 0.3 is 12.2 Å². The van der Waals surface area contributed by atoms with Crippen LogP contribution in [0.5, 0.6) is 0 Å². The maximum atomic E-state index is 13.1. The summed E-state index contributed by atoms with van der Waals surface area (Å²) in [6, 6.07) is 9.25. The van der Waals surface area contributed by atoms with Gasteiger partial charge in [0, 0.05) is 31.9 Å². The highest BCUT2D eigenvalue weighted by Gasteiger charge is 2.51. The molecule has 11 nitrogen and oxygen atoms in total. The smallest absolute Gasteiger partial charge is 0.325 e. The molecule has 2 heterocycles. The SMILES string of the molecule is CN1C(=O)C2C(SCC(=O)Nc3ccc(C(F)(F)F)cc3)NC(c3ccc([N+](=O)[O-])cc3)NC2N(C)C1=O. The fourth-order valence-electron chi connectivity index (χ4n) is 4.28. The molecule has 0 aromatic heterocycles. The number of imide groups is 1. The van der Waals surface area contributed by atoms with Crippen molar-refractivity contribution in [2.24, 2.45) is 5.92 Å². The van der Waals surface area contributed by atoms with E-state index in [0.717, 1.165) is 40.9 Å². The molecule has 2 saturated heterocycles. The monoisotopic (exact) mass is 552 g/mol. The Hall–Kier alpha value is -3.69. The Morgan fingerprint density at radius 1 is 1.08 bits per heavy atom. The van der Waals surface area contributed by atoms with Gasteiger partial charge in [-0.05, 0) is 42.0 Å². The summed E-state index contributed by atoms with van der Waals surface area (Å²) < 4.78 is 38.3. The summed E-state index contributed by atoms with van der Waals surface area (Å²) in [6.07, 6.45) is -5.84. The van der Waals surface area contributed by atoms with E-state index >= 15 is 0 Å². The van der Waals surface area contributed by atoms with Crippen LogP contribution >= 0.6 is 11.8 Å². The van der Waals surface area contributed by atoms with Gasteiger partial charge < -0.3 is 10.2 Å². The van der Waals surface area contributed by atoms with Gasteiger partial charge in [-0.15, -0.1) is 11.8 Å². The molecule has 4 amide bonds. The van der Waals surface area contributed by atoms with Crippen molar-refractivity contribution in [2.45, 2.75) is 23.9 Å². The third-order valence-corrected chi connectivity index (χ3v) is 7.50. The minimum Gasteiger partial charge on any atom is -0.325 e. The fraction of sp³-hybridized carbons (Fsp3) is 0.348. The lowest BCUT2D eigenvalue weighted by Gasteiger charge is -2.50. The largest absolute Gasteiger partial charge is 0.416 e. The second-order valence-corrected chi connectivity index (χ2v) is 9.86. The molecule has 2 aromatic carbocycles. The number of hydrogen-bond acceptors (Lipinski definition) is 8. The highest BCUT2D eigenvalue weighted by Crippen LogP contribution is 2.35. The Labute approximate surface area is 218 Å². The van der Waals surface area contributed by atoms with E-state index in [1.54, 1.807) is 12.1 Å². The number of anilines is 1. The fourth-order valence-corrected chi connectivity index (χ4v) is 5.39. The molecule has 0 spiro atoms. The number of carbonyl (C=O) groups excluding carboxylic acids is 3. The molecule has 2 aliphatic heterocycles. The van der Waals surface area contributed by atoms with Crippen LogP contribution in [0.4, 0.5) is 29.3 Å². The number of fused-ring (bicyclic) bond motifs is 1. The lowest BCUT2D eigenvalue weighted by molar-refractivity contribution is -0.384. The zero-order chi connectivity index (χ0) is 27.8. The third kappa shape index (κ3) is 5.58. The van der Waals surface area contributed by atoms with Crippen molar-refractivity contribution in [1.29, 1.82) is 0 Å². The van der Waals surface area contributed by atoms with Crippen molar-refractivity contribution in [3.05, 3.63) is 69.8 Å². The lowest BCUT2D eigenvalue weighted by atomic mass is 9.96. The van der Waals surface area contributed by atoms with Crippen LogP contribution in [0.1, 0.15) is 17.3 Å². The van der Waals surface area contributed by atoms with E-state index in [0.29, 0.717) is 5.56 Å². The number of alkyl halides is 3. The van der Waals surface area contributed by atoms with Crippen LogP contribution in [-0.4, -0.2) is 64.0 Å². The van der Waals surface area contributed by atoms with E-state index in [4.69, 9.17) is 0 Å². The summed E-state index contributed by atoms with van der Waals surface area (Å²) >= 11 is 1.10. The molecule has 0 radical (unpaired) electrons. The first kappa shape index (κ1) is 27.3. The van der Waals surface area contributed by atoms with Gasteiger partial charge in [0.1, 0.15) is 0 Å². The molecule has 3 N–H and O–H groups in total. The quantitative estimate of drug-likeness (QED) is 0.368. The maximum Gasteiger partial charge on any atom is 0.416 e. The summed E-state index contributed by atoms with van der Waals surface area (Å²) in [4.78, 5) is 51.1. The molecule has 0 aliphatic carbocycles. The summed E-state index contributed by atoms with van der Waals surface area (Å²) in [7, 11) is 2.89. The number of rotatable bonds is 6. The van der Waals surface area contributed by atoms with Gasteiger partial charge in [0.15, 0.2) is 0 Å². The van der Waals surface area contributed by atoms with E-state index in [1.807, 2.05) is 0 Å². The number of halogens is 3. The Kier molecular flexibility index (Phi) is 7.62. The number of hydrogen-bond donors (Lipinski definition) is 3. The number of urea groups is 1. The molecule has 0 saturated carbocycles. The van der Waals surface area contributed by atoms with Gasteiger partial charge in [-0.3, -0.25) is 35.2 Å². The Bertz CT molecular complexity index is 1240. The van der Waals surface area contributed by atoms with Gasteiger partial charge in [-0.1, -0.05) is 0 Å². The van der Waals surface area contributed by atoms with Gasteiger partial charge in [-0.25, -0.2) is 4.79 Å². The predicted octanol–water partition coefficient (Wildman–Crippen LogP) is 2.97. The van der Waals surface area contributed by atoms with E-state index in [2.05, 4.69) is 16.0 Å². The first-order valence-corrected chi connectivity index (χ1v) is 12.3. The van der Waals surface area contributed by atoms with Crippen LogP contribution in [0.2, 0.25) is 0 Å². The predicted molar refractivity (Wildman–Crippen MR) is 132 cm³/mol. The minimum absolute atomic E-state index is 0.102. The molecular weight excluding hydrogens is 529 g/mol. The number of nitrogens with one attached hydrogen (secondary N) is 3. The Morgan fingerprint density at radius 3 is 2.29 bits per heavy atom. The first-order chi connectivity index (χ1) is 17.9. The molecular formula is C23H23F3N6O5S. The molecule has 38 heavy (non-hydrogen) atoms. The van der Waals surface area contributed by atoms with Crippen LogP contribution in [0.3, 0.4) is 0 Å². The first-order valence-electron chi connectivity index (χ1n) is 11.3. The number of carbonyl (C=O) groups is 3. The molecule has 0 bridgehead atoms. The minimum atomic E-state index is -4.50. The highest BCUT2D eigenvalue weighted by molar-refractivity contribution is 8.00. The van der Waals surface area contributed by atoms with Crippen LogP contribution < -0.4 is 16.0 Å². The van der Waals surface area contributed by atoms with E-state index in [1.165, 1.54) is 31.1 Å². The van der Waals surface area contributed by atoms with E-state index in [9.17, 15) is 37.7 Å². The zero-order valence-corrected chi connectivity index (χ0v) is 20.9. The number of thioether (sulfide) groups is 1. The normalized spacial score (nSPS) is 23.7. The Balaban J connectivity index is 1.50. The summed E-state index contributed by atoms with van der Waals surface area (Å²) in [5, 5.41) is 19.3. The van der Waals surface area contributed by atoms with Crippen LogP contribution in [-0.2, 0) is 15.8 Å². The van der Waals surface area contributed by atoms with Crippen LogP contribution in [0.15, 0.2) is 48.5 Å². The second-order valence-electron chi connectivity index (χ2n) is 8.73. The molecule has 2 aliphatic rings. The molecule has 4 atom stereocenters. The molecule has 15 heteroatoms. The van der Waals surface area contributed by atoms with Crippen molar-refractivity contribution < 1.29 is 32.5 Å². The van der Waals surface area contributed by atoms with Gasteiger partial charge in [0.25, 0.3) is 5.69 Å². The van der Waals surface area contributed by atoms with Gasteiger partial charge in [0.05, 0.1) is 39.9 Å². The average Bonchev–Trinajstić information content (AvgIpc) is 2.88. The van der Waals surface area contributed by atoms with Crippen molar-refractivity contribution in [3.8, 4) is 0 Å². The number of nitro benzene ring substituents is 1. The van der Waals surface area contributed by atoms with Crippen molar-refractivity contribution >= 4 is 41.0 Å². The molecule has 2 fully saturated rings. The summed E-state index contributed by atoms with van der Waals surface area (Å²) in [5.74, 6) is -1.88. The molecule has 2 aromatic rings. The van der Waals surface area contributed by atoms with Crippen LogP contribution in [0.25, 0.3) is 0 Å². The standard InChI is InChI=1S/C23H23F3N6O5S/c1-30-19-17(21(34)31(2)22(30)35)20(29-18(28-19)12-3-9-15(10-4-12)32(36)37)38-11-16(33)27-14-7-5-13(6-8-14)23(24,25)26/h3-10,17-20,28-29H,11H2,1-2H3,(H,27,33). The van der Waals surface area contributed by atoms with Crippen molar-refractivity contribution in [1.82, 2.24) is 20.4 Å². The third-order valence-electron chi connectivity index (χ3n) is 6.28. The number of non-ortho nitro benzene ring substituents is 1. The number of amides is 4. The topological polar surface area (TPSA) is 137 Å². The molecule has 4 rings (SSSR count). The van der Waals surface area contributed by atoms with Crippen molar-refractivity contribution in [3.63, 3.8) is 0 Å². The number of nitrogens with zero attached hydrogens (tertiary/aromatic N) is 3. The average molecular weight is 553 g/mol. The maximum absolute atomic E-state index is 13.1. The lowest BCUT2D eigenvalue weighted by Crippen LogP contribution is -2.72. The zero-order valence-electron chi connectivity index (χ0n) is 20.1. The molecule has 202 valence electrons. The summed E-state index contributed by atoms with van der Waals surface area (Å²) in [6.45, 7) is 0.